The molecule has 0 unspecified atom stereocenters. The van der Waals surface area contributed by atoms with Crippen molar-refractivity contribution in [2.45, 2.75) is 19.4 Å². The Morgan fingerprint density at radius 3 is 2.30 bits per heavy atom. The van der Waals surface area contributed by atoms with Gasteiger partial charge in [0.2, 0.25) is 5.91 Å². The summed E-state index contributed by atoms with van der Waals surface area (Å²) in [6.07, 6.45) is 0.592. The molecule has 1 atom stereocenters. The molecule has 1 saturated heterocycles. The highest BCUT2D eigenvalue weighted by atomic mass is 16.4. The number of carboxylic acids is 1. The normalized spacial score (nSPS) is 23.7. The van der Waals surface area contributed by atoms with E-state index in [9.17, 15) is 9.59 Å². The number of amides is 1. The average molecular weight is 143 g/mol. The van der Waals surface area contributed by atoms with Gasteiger partial charge >= 0.3 is 5.97 Å². The lowest BCUT2D eigenvalue weighted by molar-refractivity contribution is -0.156. The van der Waals surface area contributed by atoms with Crippen molar-refractivity contribution in [1.82, 2.24) is 4.90 Å². The highest BCUT2D eigenvalue weighted by Gasteiger charge is 2.35. The van der Waals surface area contributed by atoms with Crippen molar-refractivity contribution in [2.24, 2.45) is 0 Å². The second-order valence-electron chi connectivity index (χ2n) is 2.36. The summed E-state index contributed by atoms with van der Waals surface area (Å²) in [6, 6.07) is -0.558. The van der Waals surface area contributed by atoms with Crippen LogP contribution >= 0.6 is 0 Å². The van der Waals surface area contributed by atoms with E-state index >= 15 is 0 Å². The van der Waals surface area contributed by atoms with E-state index in [4.69, 9.17) is 5.11 Å². The number of nitrogens with zero attached hydrogens (tertiary/aromatic N) is 1. The van der Waals surface area contributed by atoms with Gasteiger partial charge in [0.05, 0.1) is 0 Å². The first-order valence-corrected chi connectivity index (χ1v) is 3.13. The zero-order chi connectivity index (χ0) is 7.72. The number of hydrogen-bond acceptors (Lipinski definition) is 2. The smallest absolute Gasteiger partial charge is 0.326 e. The summed E-state index contributed by atoms with van der Waals surface area (Å²) in [5.41, 5.74) is 0. The molecule has 0 aromatic rings. The molecule has 0 radical (unpaired) electrons. The molecule has 1 fully saturated rings. The Morgan fingerprint density at radius 1 is 1.60 bits per heavy atom. The zero-order valence-electron chi connectivity index (χ0n) is 5.70. The molecule has 10 heavy (non-hydrogen) atoms. The second kappa shape index (κ2) is 2.28. The summed E-state index contributed by atoms with van der Waals surface area (Å²) in [5.74, 6) is -1.06. The Bertz CT molecular complexity index is 158. The van der Waals surface area contributed by atoms with E-state index in [0.29, 0.717) is 13.0 Å². The first-order chi connectivity index (χ1) is 4.63. The van der Waals surface area contributed by atoms with Gasteiger partial charge in [0.25, 0.3) is 0 Å². The molecule has 56 valence electrons. The third kappa shape index (κ3) is 0.964. The van der Waals surface area contributed by atoms with Gasteiger partial charge in [-0.25, -0.2) is 4.79 Å². The molecule has 1 rings (SSSR count). The lowest BCUT2D eigenvalue weighted by atomic mass is 10.0. The summed E-state index contributed by atoms with van der Waals surface area (Å²) < 4.78 is 0. The average Bonchev–Trinajstić information content (AvgIpc) is 1.56. The highest BCUT2D eigenvalue weighted by molar-refractivity contribution is 5.83. The fourth-order valence-corrected chi connectivity index (χ4v) is 1.02. The van der Waals surface area contributed by atoms with Gasteiger partial charge in [-0.05, 0) is 6.42 Å². The van der Waals surface area contributed by atoms with Gasteiger partial charge in [0.1, 0.15) is 6.04 Å². The molecule has 0 spiro atoms. The molecule has 0 bridgehead atoms. The fraction of sp³-hybridized carbons (Fsp3) is 0.667. The Kier molecular flexibility index (Phi) is 1.61. The van der Waals surface area contributed by atoms with E-state index in [1.54, 1.807) is 0 Å². The minimum absolute atomic E-state index is 0.154. The van der Waals surface area contributed by atoms with Crippen molar-refractivity contribution in [3.05, 3.63) is 0 Å². The van der Waals surface area contributed by atoms with E-state index in [0.717, 1.165) is 0 Å². The SMILES string of the molecule is CC(=O)N1CC[C@H]1C(=O)O. The predicted molar refractivity (Wildman–Crippen MR) is 33.4 cm³/mol. The maximum absolute atomic E-state index is 10.6. The molecule has 1 aliphatic rings. The molecule has 0 aromatic carbocycles. The van der Waals surface area contributed by atoms with Gasteiger partial charge in [0, 0.05) is 13.5 Å². The fourth-order valence-electron chi connectivity index (χ4n) is 1.02. The van der Waals surface area contributed by atoms with Crippen LogP contribution in [0, 0.1) is 0 Å². The first-order valence-electron chi connectivity index (χ1n) is 3.13. The predicted octanol–water partition coefficient (Wildman–Crippen LogP) is -0.308. The molecular weight excluding hydrogens is 134 g/mol. The highest BCUT2D eigenvalue weighted by Crippen LogP contribution is 2.16. The van der Waals surface area contributed by atoms with E-state index in [-0.39, 0.29) is 5.91 Å². The van der Waals surface area contributed by atoms with Crippen LogP contribution in [0.5, 0.6) is 0 Å². The van der Waals surface area contributed by atoms with Crippen molar-refractivity contribution in [3.63, 3.8) is 0 Å². The van der Waals surface area contributed by atoms with E-state index < -0.39 is 12.0 Å². The van der Waals surface area contributed by atoms with Crippen LogP contribution in [0.25, 0.3) is 0 Å². The van der Waals surface area contributed by atoms with Crippen molar-refractivity contribution in [1.29, 1.82) is 0 Å². The lowest BCUT2D eigenvalue weighted by Crippen LogP contribution is -2.54. The lowest BCUT2D eigenvalue weighted by Gasteiger charge is -2.36. The second-order valence-corrected chi connectivity index (χ2v) is 2.36. The van der Waals surface area contributed by atoms with E-state index in [2.05, 4.69) is 0 Å². The Morgan fingerprint density at radius 2 is 2.20 bits per heavy atom. The van der Waals surface area contributed by atoms with Gasteiger partial charge in [-0.2, -0.15) is 0 Å². The van der Waals surface area contributed by atoms with Crippen LogP contribution in [0.1, 0.15) is 13.3 Å². The van der Waals surface area contributed by atoms with Crippen molar-refractivity contribution >= 4 is 11.9 Å². The van der Waals surface area contributed by atoms with Gasteiger partial charge in [-0.15, -0.1) is 0 Å². The minimum Gasteiger partial charge on any atom is -0.480 e. The molecule has 0 saturated carbocycles. The van der Waals surface area contributed by atoms with Gasteiger partial charge in [-0.1, -0.05) is 0 Å². The van der Waals surface area contributed by atoms with Crippen LogP contribution in [0.3, 0.4) is 0 Å². The maximum Gasteiger partial charge on any atom is 0.326 e. The van der Waals surface area contributed by atoms with Crippen molar-refractivity contribution in [3.8, 4) is 0 Å². The molecule has 1 amide bonds. The summed E-state index contributed by atoms with van der Waals surface area (Å²) in [5, 5.41) is 8.46. The number of aliphatic carboxylic acids is 1. The Hall–Kier alpha value is -1.06. The molecule has 4 nitrogen and oxygen atoms in total. The summed E-state index contributed by atoms with van der Waals surface area (Å²) in [6.45, 7) is 1.97. The topological polar surface area (TPSA) is 57.6 Å². The maximum atomic E-state index is 10.6. The monoisotopic (exact) mass is 143 g/mol. The number of carbonyl (C=O) groups excluding carboxylic acids is 1. The van der Waals surface area contributed by atoms with E-state index in [1.807, 2.05) is 0 Å². The summed E-state index contributed by atoms with van der Waals surface area (Å²) in [4.78, 5) is 22.3. The Labute approximate surface area is 58.4 Å². The van der Waals surface area contributed by atoms with Gasteiger partial charge in [0.15, 0.2) is 0 Å². The van der Waals surface area contributed by atoms with Crippen molar-refractivity contribution < 1.29 is 14.7 Å². The standard InChI is InChI=1S/C6H9NO3/c1-4(8)7-3-2-5(7)6(9)10/h5H,2-3H2,1H3,(H,9,10)/t5-/m0/s1. The molecule has 1 aliphatic heterocycles. The van der Waals surface area contributed by atoms with Crippen LogP contribution in [0.4, 0.5) is 0 Å². The molecule has 0 aromatic heterocycles. The number of likely N-dealkylation sites (tertiary alicyclic amines) is 1. The Balaban J connectivity index is 2.51. The molecule has 1 N–H and O–H groups in total. The van der Waals surface area contributed by atoms with Gasteiger partial charge < -0.3 is 10.0 Å². The molecular formula is C6H9NO3. The summed E-state index contributed by atoms with van der Waals surface area (Å²) in [7, 11) is 0. The van der Waals surface area contributed by atoms with Crippen LogP contribution < -0.4 is 0 Å². The number of carbonyl (C=O) groups is 2. The van der Waals surface area contributed by atoms with E-state index in [1.165, 1.54) is 11.8 Å². The summed E-state index contributed by atoms with van der Waals surface area (Å²) >= 11 is 0. The number of rotatable bonds is 1. The zero-order valence-corrected chi connectivity index (χ0v) is 5.70. The van der Waals surface area contributed by atoms with Crippen LogP contribution in [-0.4, -0.2) is 34.5 Å². The molecule has 4 heteroatoms. The largest absolute Gasteiger partial charge is 0.480 e. The third-order valence-corrected chi connectivity index (χ3v) is 1.71. The van der Waals surface area contributed by atoms with Crippen molar-refractivity contribution in [2.75, 3.05) is 6.54 Å². The molecule has 1 heterocycles. The molecule has 0 aliphatic carbocycles. The quantitative estimate of drug-likeness (QED) is 0.547. The minimum atomic E-state index is -0.901. The number of carboxylic acid groups (broad SMARTS) is 1. The van der Waals surface area contributed by atoms with Gasteiger partial charge in [-0.3, -0.25) is 4.79 Å². The van der Waals surface area contributed by atoms with Crippen LogP contribution in [-0.2, 0) is 9.59 Å². The third-order valence-electron chi connectivity index (χ3n) is 1.71. The first kappa shape index (κ1) is 7.05. The number of hydrogen-bond donors (Lipinski definition) is 1. The van der Waals surface area contributed by atoms with Crippen LogP contribution in [0.15, 0.2) is 0 Å². The van der Waals surface area contributed by atoms with Crippen LogP contribution in [0.2, 0.25) is 0 Å².